The molecule has 0 saturated heterocycles. The first kappa shape index (κ1) is 15.8. The van der Waals surface area contributed by atoms with Crippen LogP contribution < -0.4 is 9.64 Å². The molecular weight excluding hydrogens is 338 g/mol. The molecule has 0 atom stereocenters. The SMILES string of the molecule is Cc1ccc(Oc2ccc(N3CCn4ccc5ncnc3c54)cc2C)cn1. The molecule has 0 aliphatic carbocycles. The number of hydrogen-bond donors (Lipinski definition) is 0. The Balaban J connectivity index is 1.49. The maximum atomic E-state index is 6.00. The van der Waals surface area contributed by atoms with Crippen LogP contribution in [0, 0.1) is 13.8 Å². The lowest BCUT2D eigenvalue weighted by Crippen LogP contribution is -2.28. The molecule has 5 rings (SSSR count). The van der Waals surface area contributed by atoms with Crippen molar-refractivity contribution in [3.05, 3.63) is 66.4 Å². The molecule has 0 radical (unpaired) electrons. The molecule has 6 heteroatoms. The van der Waals surface area contributed by atoms with Gasteiger partial charge in [-0.15, -0.1) is 0 Å². The van der Waals surface area contributed by atoms with Gasteiger partial charge in [-0.25, -0.2) is 9.97 Å². The second-order valence-electron chi connectivity index (χ2n) is 6.78. The average Bonchev–Trinajstić information content (AvgIpc) is 3.11. The van der Waals surface area contributed by atoms with E-state index in [4.69, 9.17) is 4.74 Å². The number of ether oxygens (including phenoxy) is 1. The summed E-state index contributed by atoms with van der Waals surface area (Å²) in [5.74, 6) is 2.52. The number of aryl methyl sites for hydroxylation is 2. The van der Waals surface area contributed by atoms with E-state index in [0.29, 0.717) is 0 Å². The number of pyridine rings is 1. The third-order valence-electron chi connectivity index (χ3n) is 4.93. The van der Waals surface area contributed by atoms with Gasteiger partial charge in [0.2, 0.25) is 0 Å². The number of nitrogens with zero attached hydrogens (tertiary/aromatic N) is 5. The summed E-state index contributed by atoms with van der Waals surface area (Å²) >= 11 is 0. The fourth-order valence-corrected chi connectivity index (χ4v) is 3.52. The summed E-state index contributed by atoms with van der Waals surface area (Å²) in [6, 6.07) is 12.2. The van der Waals surface area contributed by atoms with Crippen LogP contribution in [-0.4, -0.2) is 26.1 Å². The number of aromatic nitrogens is 4. The van der Waals surface area contributed by atoms with Gasteiger partial charge >= 0.3 is 0 Å². The van der Waals surface area contributed by atoms with Crippen LogP contribution in [0.25, 0.3) is 11.0 Å². The minimum absolute atomic E-state index is 0.741. The highest BCUT2D eigenvalue weighted by atomic mass is 16.5. The van der Waals surface area contributed by atoms with Gasteiger partial charge in [0, 0.05) is 30.7 Å². The predicted octanol–water partition coefficient (Wildman–Crippen LogP) is 4.39. The fourth-order valence-electron chi connectivity index (χ4n) is 3.52. The zero-order valence-electron chi connectivity index (χ0n) is 15.3. The molecule has 1 aliphatic rings. The lowest BCUT2D eigenvalue weighted by Gasteiger charge is -2.29. The van der Waals surface area contributed by atoms with Crippen molar-refractivity contribution in [1.82, 2.24) is 19.5 Å². The van der Waals surface area contributed by atoms with E-state index in [1.165, 1.54) is 0 Å². The van der Waals surface area contributed by atoms with Crippen molar-refractivity contribution in [3.8, 4) is 11.5 Å². The van der Waals surface area contributed by atoms with E-state index in [9.17, 15) is 0 Å². The van der Waals surface area contributed by atoms with Gasteiger partial charge in [-0.1, -0.05) is 0 Å². The van der Waals surface area contributed by atoms with Crippen molar-refractivity contribution < 1.29 is 4.74 Å². The topological polar surface area (TPSA) is 56.1 Å². The molecule has 0 fully saturated rings. The van der Waals surface area contributed by atoms with Gasteiger partial charge in [0.15, 0.2) is 5.82 Å². The minimum atomic E-state index is 0.741. The van der Waals surface area contributed by atoms with Crippen molar-refractivity contribution >= 4 is 22.5 Å². The first-order valence-electron chi connectivity index (χ1n) is 8.97. The van der Waals surface area contributed by atoms with Gasteiger partial charge in [0.05, 0.1) is 11.7 Å². The number of benzene rings is 1. The molecule has 3 aromatic heterocycles. The summed E-state index contributed by atoms with van der Waals surface area (Å²) < 4.78 is 8.22. The molecule has 1 aliphatic heterocycles. The first-order chi connectivity index (χ1) is 13.2. The molecule has 0 amide bonds. The fraction of sp³-hybridized carbons (Fsp3) is 0.190. The van der Waals surface area contributed by atoms with Gasteiger partial charge in [-0.05, 0) is 55.8 Å². The largest absolute Gasteiger partial charge is 0.455 e. The third kappa shape index (κ3) is 2.70. The van der Waals surface area contributed by atoms with E-state index in [1.54, 1.807) is 12.5 Å². The molecule has 0 saturated carbocycles. The van der Waals surface area contributed by atoms with Gasteiger partial charge in [0.1, 0.15) is 23.3 Å². The van der Waals surface area contributed by atoms with Crippen LogP contribution in [0.5, 0.6) is 11.5 Å². The molecule has 4 aromatic rings. The zero-order valence-corrected chi connectivity index (χ0v) is 15.3. The highest BCUT2D eigenvalue weighted by Gasteiger charge is 2.22. The van der Waals surface area contributed by atoms with E-state index in [-0.39, 0.29) is 0 Å². The third-order valence-corrected chi connectivity index (χ3v) is 4.93. The maximum Gasteiger partial charge on any atom is 0.161 e. The first-order valence-corrected chi connectivity index (χ1v) is 8.97. The van der Waals surface area contributed by atoms with Crippen LogP contribution in [0.1, 0.15) is 11.3 Å². The number of anilines is 2. The highest BCUT2D eigenvalue weighted by Crippen LogP contribution is 2.35. The van der Waals surface area contributed by atoms with Crippen molar-refractivity contribution in [2.24, 2.45) is 0 Å². The average molecular weight is 357 g/mol. The molecule has 6 nitrogen and oxygen atoms in total. The Kier molecular flexibility index (Phi) is 3.57. The van der Waals surface area contributed by atoms with Crippen LogP contribution in [0.2, 0.25) is 0 Å². The maximum absolute atomic E-state index is 6.00. The normalized spacial score (nSPS) is 13.2. The lowest BCUT2D eigenvalue weighted by molar-refractivity contribution is 0.476. The summed E-state index contributed by atoms with van der Waals surface area (Å²) in [6.07, 6.45) is 5.46. The monoisotopic (exact) mass is 357 g/mol. The summed E-state index contributed by atoms with van der Waals surface area (Å²) in [4.78, 5) is 15.5. The Morgan fingerprint density at radius 2 is 1.89 bits per heavy atom. The minimum Gasteiger partial charge on any atom is -0.455 e. The molecule has 0 unspecified atom stereocenters. The van der Waals surface area contributed by atoms with Crippen LogP contribution in [0.3, 0.4) is 0 Å². The summed E-state index contributed by atoms with van der Waals surface area (Å²) in [5, 5.41) is 0. The van der Waals surface area contributed by atoms with Gasteiger partial charge in [-0.3, -0.25) is 4.98 Å². The molecule has 0 spiro atoms. The van der Waals surface area contributed by atoms with Crippen molar-refractivity contribution in [2.75, 3.05) is 11.4 Å². The molecule has 1 aromatic carbocycles. The van der Waals surface area contributed by atoms with E-state index in [2.05, 4.69) is 49.7 Å². The standard InChI is InChI=1S/C21H19N5O/c1-14-11-16(4-6-19(14)27-17-5-3-15(2)22-12-17)26-10-9-25-8-7-18-20(25)21(26)24-13-23-18/h3-8,11-13H,9-10H2,1-2H3. The molecule has 27 heavy (non-hydrogen) atoms. The van der Waals surface area contributed by atoms with Crippen molar-refractivity contribution in [3.63, 3.8) is 0 Å². The lowest BCUT2D eigenvalue weighted by atomic mass is 10.1. The van der Waals surface area contributed by atoms with E-state index in [1.807, 2.05) is 31.2 Å². The van der Waals surface area contributed by atoms with E-state index < -0.39 is 0 Å². The van der Waals surface area contributed by atoms with Crippen LogP contribution in [0.4, 0.5) is 11.5 Å². The Morgan fingerprint density at radius 3 is 2.70 bits per heavy atom. The van der Waals surface area contributed by atoms with Crippen molar-refractivity contribution in [1.29, 1.82) is 0 Å². The van der Waals surface area contributed by atoms with Gasteiger partial charge in [-0.2, -0.15) is 0 Å². The van der Waals surface area contributed by atoms with E-state index >= 15 is 0 Å². The quantitative estimate of drug-likeness (QED) is 0.544. The molecule has 134 valence electrons. The Hall–Kier alpha value is -3.41. The second-order valence-corrected chi connectivity index (χ2v) is 6.78. The number of hydrogen-bond acceptors (Lipinski definition) is 5. The van der Waals surface area contributed by atoms with Crippen LogP contribution in [0.15, 0.2) is 55.1 Å². The van der Waals surface area contributed by atoms with Crippen LogP contribution >= 0.6 is 0 Å². The molecular formula is C21H19N5O. The summed E-state index contributed by atoms with van der Waals surface area (Å²) in [6.45, 7) is 5.80. The molecule has 0 bridgehead atoms. The molecule has 0 N–H and O–H groups in total. The smallest absolute Gasteiger partial charge is 0.161 e. The van der Waals surface area contributed by atoms with Crippen LogP contribution in [-0.2, 0) is 6.54 Å². The second kappa shape index (κ2) is 6.09. The van der Waals surface area contributed by atoms with E-state index in [0.717, 1.165) is 58.4 Å². The van der Waals surface area contributed by atoms with Crippen molar-refractivity contribution in [2.45, 2.75) is 20.4 Å². The zero-order chi connectivity index (χ0) is 18.4. The summed E-state index contributed by atoms with van der Waals surface area (Å²) in [7, 11) is 0. The summed E-state index contributed by atoms with van der Waals surface area (Å²) in [5.41, 5.74) is 5.22. The van der Waals surface area contributed by atoms with Gasteiger partial charge < -0.3 is 14.2 Å². The Labute approximate surface area is 157 Å². The predicted molar refractivity (Wildman–Crippen MR) is 105 cm³/mol. The Bertz CT molecular complexity index is 1130. The Morgan fingerprint density at radius 1 is 0.963 bits per heavy atom. The molecule has 4 heterocycles. The van der Waals surface area contributed by atoms with Gasteiger partial charge in [0.25, 0.3) is 0 Å². The highest BCUT2D eigenvalue weighted by molar-refractivity contribution is 5.90. The number of rotatable bonds is 3.